The zero-order chi connectivity index (χ0) is 15.5. The van der Waals surface area contributed by atoms with E-state index < -0.39 is 0 Å². The monoisotopic (exact) mass is 301 g/mol. The summed E-state index contributed by atoms with van der Waals surface area (Å²) in [7, 11) is 0. The van der Waals surface area contributed by atoms with Crippen molar-refractivity contribution in [3.8, 4) is 0 Å². The first-order valence-electron chi connectivity index (χ1n) is 8.97. The largest absolute Gasteiger partial charge is 0.351 e. The third kappa shape index (κ3) is 1.93. The highest BCUT2D eigenvalue weighted by Crippen LogP contribution is 2.60. The Labute approximate surface area is 132 Å². The summed E-state index contributed by atoms with van der Waals surface area (Å²) >= 11 is 0. The van der Waals surface area contributed by atoms with Gasteiger partial charge in [-0.15, -0.1) is 0 Å². The maximum atomic E-state index is 11.9. The second-order valence-corrected chi connectivity index (χ2v) is 8.51. The molecule has 3 heteroatoms. The molecule has 1 heterocycles. The van der Waals surface area contributed by atoms with E-state index in [1.54, 1.807) is 0 Å². The van der Waals surface area contributed by atoms with Crippen LogP contribution in [0.2, 0.25) is 0 Å². The third-order valence-corrected chi connectivity index (χ3v) is 7.46. The Bertz CT molecular complexity index is 566. The van der Waals surface area contributed by atoms with Crippen molar-refractivity contribution in [2.24, 2.45) is 23.2 Å². The molecule has 3 nitrogen and oxygen atoms in total. The molecule has 2 saturated carbocycles. The molecule has 0 spiro atoms. The number of nitrogens with one attached hydrogen (secondary N) is 1. The van der Waals surface area contributed by atoms with Crippen LogP contribution in [0, 0.1) is 23.2 Å². The van der Waals surface area contributed by atoms with Gasteiger partial charge in [0.1, 0.15) is 0 Å². The van der Waals surface area contributed by atoms with E-state index in [1.807, 2.05) is 6.08 Å². The minimum atomic E-state index is 0.0125. The van der Waals surface area contributed by atoms with Crippen molar-refractivity contribution >= 4 is 11.7 Å². The Kier molecular flexibility index (Phi) is 3.08. The first-order chi connectivity index (χ1) is 10.4. The molecule has 4 aliphatic rings. The number of carbonyl (C=O) groups excluding carboxylic acids is 2. The summed E-state index contributed by atoms with van der Waals surface area (Å²) in [6.07, 6.45) is 10.1. The van der Waals surface area contributed by atoms with E-state index in [9.17, 15) is 9.59 Å². The van der Waals surface area contributed by atoms with Gasteiger partial charge in [0, 0.05) is 18.4 Å². The van der Waals surface area contributed by atoms with Crippen LogP contribution in [0.15, 0.2) is 11.6 Å². The van der Waals surface area contributed by atoms with Gasteiger partial charge in [0.15, 0.2) is 5.78 Å². The first-order valence-corrected chi connectivity index (χ1v) is 8.97. The number of hydrogen-bond acceptors (Lipinski definition) is 2. The van der Waals surface area contributed by atoms with Crippen molar-refractivity contribution < 1.29 is 9.59 Å². The summed E-state index contributed by atoms with van der Waals surface area (Å²) in [4.78, 5) is 23.7. The van der Waals surface area contributed by atoms with Crippen molar-refractivity contribution in [2.75, 3.05) is 0 Å². The maximum Gasteiger partial charge on any atom is 0.220 e. The Morgan fingerprint density at radius 1 is 1.00 bits per heavy atom. The number of allylic oxidation sites excluding steroid dienone is 2. The number of piperidine rings is 1. The number of hydrogen-bond donors (Lipinski definition) is 1. The normalized spacial score (nSPS) is 47.7. The molecular weight excluding hydrogens is 274 g/mol. The van der Waals surface area contributed by atoms with Crippen LogP contribution < -0.4 is 5.32 Å². The second kappa shape index (κ2) is 4.69. The van der Waals surface area contributed by atoms with Crippen LogP contribution in [0.4, 0.5) is 0 Å². The smallest absolute Gasteiger partial charge is 0.220 e. The second-order valence-electron chi connectivity index (χ2n) is 8.51. The summed E-state index contributed by atoms with van der Waals surface area (Å²) in [5.41, 5.74) is 1.67. The summed E-state index contributed by atoms with van der Waals surface area (Å²) < 4.78 is 0. The van der Waals surface area contributed by atoms with Gasteiger partial charge >= 0.3 is 0 Å². The Morgan fingerprint density at radius 3 is 2.64 bits per heavy atom. The van der Waals surface area contributed by atoms with E-state index in [0.717, 1.165) is 38.0 Å². The average molecular weight is 301 g/mol. The molecular formula is C19H27NO2. The van der Waals surface area contributed by atoms with Crippen molar-refractivity contribution in [1.82, 2.24) is 5.32 Å². The lowest BCUT2D eigenvalue weighted by Crippen LogP contribution is -2.62. The fourth-order valence-electron chi connectivity index (χ4n) is 6.23. The lowest BCUT2D eigenvalue weighted by Gasteiger charge is -2.59. The van der Waals surface area contributed by atoms with E-state index in [0.29, 0.717) is 24.0 Å². The quantitative estimate of drug-likeness (QED) is 0.745. The molecule has 120 valence electrons. The molecule has 0 aromatic heterocycles. The van der Waals surface area contributed by atoms with Gasteiger partial charge < -0.3 is 5.32 Å². The molecule has 3 fully saturated rings. The van der Waals surface area contributed by atoms with Crippen molar-refractivity contribution in [2.45, 2.75) is 70.8 Å². The highest BCUT2D eigenvalue weighted by Gasteiger charge is 2.56. The van der Waals surface area contributed by atoms with E-state index >= 15 is 0 Å². The van der Waals surface area contributed by atoms with Gasteiger partial charge in [-0.25, -0.2) is 0 Å². The van der Waals surface area contributed by atoms with Gasteiger partial charge in [-0.1, -0.05) is 12.5 Å². The number of carbonyl (C=O) groups is 2. The fourth-order valence-corrected chi connectivity index (χ4v) is 6.23. The molecule has 0 aromatic carbocycles. The molecule has 0 bridgehead atoms. The van der Waals surface area contributed by atoms with Crippen molar-refractivity contribution in [3.63, 3.8) is 0 Å². The van der Waals surface area contributed by atoms with Gasteiger partial charge in [-0.2, -0.15) is 0 Å². The molecule has 0 unspecified atom stereocenters. The van der Waals surface area contributed by atoms with Crippen LogP contribution >= 0.6 is 0 Å². The van der Waals surface area contributed by atoms with Crippen molar-refractivity contribution in [1.29, 1.82) is 0 Å². The average Bonchev–Trinajstić information content (AvgIpc) is 2.46. The number of rotatable bonds is 0. The molecule has 1 amide bonds. The molecule has 0 radical (unpaired) electrons. The SMILES string of the molecule is C[C@]12CCC(=O)C=C1CC[C@H]1[C@H]2CC[C@]2(C)NC(=O)CC[C@H]12. The molecule has 3 aliphatic carbocycles. The van der Waals surface area contributed by atoms with Gasteiger partial charge in [0.25, 0.3) is 0 Å². The lowest BCUT2D eigenvalue weighted by molar-refractivity contribution is -0.132. The van der Waals surface area contributed by atoms with Gasteiger partial charge in [-0.3, -0.25) is 9.59 Å². The zero-order valence-electron chi connectivity index (χ0n) is 13.8. The maximum absolute atomic E-state index is 11.9. The van der Waals surface area contributed by atoms with E-state index in [1.165, 1.54) is 18.4 Å². The molecule has 4 rings (SSSR count). The number of fused-ring (bicyclic) bond motifs is 5. The zero-order valence-corrected chi connectivity index (χ0v) is 13.8. The lowest BCUT2D eigenvalue weighted by atomic mass is 9.47. The Balaban J connectivity index is 1.67. The van der Waals surface area contributed by atoms with Gasteiger partial charge in [-0.05, 0) is 74.7 Å². The van der Waals surface area contributed by atoms with Crippen LogP contribution in [0.3, 0.4) is 0 Å². The molecule has 0 aromatic rings. The van der Waals surface area contributed by atoms with Crippen LogP contribution in [-0.2, 0) is 9.59 Å². The van der Waals surface area contributed by atoms with E-state index in [2.05, 4.69) is 19.2 Å². The summed E-state index contributed by atoms with van der Waals surface area (Å²) in [6.45, 7) is 4.68. The highest BCUT2D eigenvalue weighted by molar-refractivity contribution is 5.91. The molecule has 1 saturated heterocycles. The number of amides is 1. The molecule has 1 N–H and O–H groups in total. The summed E-state index contributed by atoms with van der Waals surface area (Å²) in [6, 6.07) is 0. The minimum Gasteiger partial charge on any atom is -0.351 e. The highest BCUT2D eigenvalue weighted by atomic mass is 16.1. The summed E-state index contributed by atoms with van der Waals surface area (Å²) in [5, 5.41) is 3.31. The summed E-state index contributed by atoms with van der Waals surface area (Å²) in [5.74, 6) is 2.61. The van der Waals surface area contributed by atoms with Gasteiger partial charge in [0.2, 0.25) is 5.91 Å². The minimum absolute atomic E-state index is 0.0125. The van der Waals surface area contributed by atoms with Crippen LogP contribution in [0.1, 0.15) is 65.2 Å². The molecule has 1 aliphatic heterocycles. The Morgan fingerprint density at radius 2 is 1.82 bits per heavy atom. The van der Waals surface area contributed by atoms with Crippen LogP contribution in [-0.4, -0.2) is 17.2 Å². The fraction of sp³-hybridized carbons (Fsp3) is 0.789. The molecule has 5 atom stereocenters. The Hall–Kier alpha value is -1.12. The van der Waals surface area contributed by atoms with E-state index in [4.69, 9.17) is 0 Å². The topological polar surface area (TPSA) is 46.2 Å². The number of ketones is 1. The van der Waals surface area contributed by atoms with Crippen LogP contribution in [0.5, 0.6) is 0 Å². The molecule has 22 heavy (non-hydrogen) atoms. The third-order valence-electron chi connectivity index (χ3n) is 7.46. The predicted octanol–water partition coefficient (Wildman–Crippen LogP) is 3.39. The van der Waals surface area contributed by atoms with Crippen molar-refractivity contribution in [3.05, 3.63) is 11.6 Å². The van der Waals surface area contributed by atoms with Gasteiger partial charge in [0.05, 0.1) is 0 Å². The first kappa shape index (κ1) is 14.5. The van der Waals surface area contributed by atoms with Crippen LogP contribution in [0.25, 0.3) is 0 Å². The predicted molar refractivity (Wildman–Crippen MR) is 85.2 cm³/mol. The van der Waals surface area contributed by atoms with E-state index in [-0.39, 0.29) is 16.9 Å². The standard InChI is InChI=1S/C19H27NO2/c1-18-9-7-13(21)11-12(18)3-4-14-15(18)8-10-19(2)16(14)5-6-17(22)20-19/h11,14-16H,3-10H2,1-2H3,(H,20,22)/t14-,15+,16+,18-,19-/m0/s1.